The van der Waals surface area contributed by atoms with Gasteiger partial charge in [0, 0.05) is 16.1 Å². The van der Waals surface area contributed by atoms with Gasteiger partial charge in [-0.3, -0.25) is 10.4 Å². The first-order chi connectivity index (χ1) is 13.1. The van der Waals surface area contributed by atoms with Crippen molar-refractivity contribution in [3.05, 3.63) is 58.6 Å². The van der Waals surface area contributed by atoms with Gasteiger partial charge in [-0.05, 0) is 31.2 Å². The van der Waals surface area contributed by atoms with Gasteiger partial charge in [-0.1, -0.05) is 35.4 Å². The number of ether oxygens (including phenoxy) is 1. The van der Waals surface area contributed by atoms with Gasteiger partial charge >= 0.3 is 6.03 Å². The van der Waals surface area contributed by atoms with E-state index in [9.17, 15) is 4.79 Å². The summed E-state index contributed by atoms with van der Waals surface area (Å²) >= 11 is 6.06. The van der Waals surface area contributed by atoms with Crippen molar-refractivity contribution in [3.63, 3.8) is 0 Å². The summed E-state index contributed by atoms with van der Waals surface area (Å²) in [4.78, 5) is 18.7. The molecule has 27 heavy (non-hydrogen) atoms. The van der Waals surface area contributed by atoms with Crippen LogP contribution in [0.2, 0.25) is 5.02 Å². The molecule has 0 atom stereocenters. The Kier molecular flexibility index (Phi) is 4.68. The maximum Gasteiger partial charge on any atom is 0.324 e. The van der Waals surface area contributed by atoms with E-state index in [1.807, 2.05) is 43.3 Å². The highest BCUT2D eigenvalue weighted by atomic mass is 35.5. The second-order valence-corrected chi connectivity index (χ2v) is 6.77. The molecule has 0 fully saturated rings. The third-order valence-corrected chi connectivity index (χ3v) is 4.52. The summed E-state index contributed by atoms with van der Waals surface area (Å²) in [5, 5.41) is 10.3. The Morgan fingerprint density at radius 1 is 1.30 bits per heavy atom. The third kappa shape index (κ3) is 3.88. The minimum Gasteiger partial charge on any atom is -0.491 e. The maximum atomic E-state index is 12.6. The normalized spacial score (nSPS) is 13.5. The number of fused-ring (bicyclic) bond motifs is 1. The zero-order valence-corrected chi connectivity index (χ0v) is 15.5. The Bertz CT molecular complexity index is 988. The Labute approximate surface area is 161 Å². The Balaban J connectivity index is 1.48. The Morgan fingerprint density at radius 3 is 3.04 bits per heavy atom. The maximum absolute atomic E-state index is 12.6. The van der Waals surface area contributed by atoms with Crippen molar-refractivity contribution < 1.29 is 9.53 Å². The largest absolute Gasteiger partial charge is 0.491 e. The van der Waals surface area contributed by atoms with Gasteiger partial charge in [0.15, 0.2) is 5.82 Å². The van der Waals surface area contributed by atoms with Gasteiger partial charge < -0.3 is 9.64 Å². The predicted octanol–water partition coefficient (Wildman–Crippen LogP) is 3.86. The highest BCUT2D eigenvalue weighted by molar-refractivity contribution is 6.30. The number of H-pyrrole nitrogens is 1. The summed E-state index contributed by atoms with van der Waals surface area (Å²) in [5.41, 5.74) is 2.90. The van der Waals surface area contributed by atoms with E-state index >= 15 is 0 Å². The molecule has 0 spiro atoms. The lowest BCUT2D eigenvalue weighted by atomic mass is 10.1. The van der Waals surface area contributed by atoms with Gasteiger partial charge in [-0.25, -0.2) is 4.79 Å². The molecule has 2 amide bonds. The first-order valence-corrected chi connectivity index (χ1v) is 8.93. The molecule has 3 aromatic rings. The fraction of sp³-hybridized carbons (Fsp3) is 0.211. The number of aromatic amines is 1. The molecular formula is C19H18ClN5O2. The van der Waals surface area contributed by atoms with Crippen LogP contribution in [0.25, 0.3) is 11.4 Å². The van der Waals surface area contributed by atoms with Gasteiger partial charge in [0.05, 0.1) is 13.1 Å². The van der Waals surface area contributed by atoms with Crippen molar-refractivity contribution >= 4 is 23.6 Å². The van der Waals surface area contributed by atoms with Gasteiger partial charge in [0.25, 0.3) is 0 Å². The summed E-state index contributed by atoms with van der Waals surface area (Å²) in [5.74, 6) is 1.58. The molecule has 2 aromatic carbocycles. The predicted molar refractivity (Wildman–Crippen MR) is 103 cm³/mol. The number of aromatic nitrogens is 3. The number of halogens is 1. The number of nitrogens with zero attached hydrogens (tertiary/aromatic N) is 3. The average Bonchev–Trinajstić information content (AvgIpc) is 3.00. The standard InChI is InChI=1S/C19H18ClN5O2/c1-12-3-2-4-13(9-12)17-21-18(24-23-17)22-19(26)25-7-8-27-16-6-5-15(20)10-14(16)11-25/h2-6,9-10H,7-8,11H2,1H3,(H2,21,22,23,24,26). The van der Waals surface area contributed by atoms with E-state index in [0.29, 0.717) is 30.5 Å². The molecule has 1 aliphatic heterocycles. The highest BCUT2D eigenvalue weighted by Crippen LogP contribution is 2.26. The number of amides is 2. The Hall–Kier alpha value is -3.06. The summed E-state index contributed by atoms with van der Waals surface area (Å²) in [6.45, 7) is 3.27. The summed E-state index contributed by atoms with van der Waals surface area (Å²) in [6, 6.07) is 13.0. The van der Waals surface area contributed by atoms with Crippen molar-refractivity contribution in [2.45, 2.75) is 13.5 Å². The molecule has 0 bridgehead atoms. The number of urea groups is 1. The number of aryl methyl sites for hydroxylation is 1. The quantitative estimate of drug-likeness (QED) is 0.703. The van der Waals surface area contributed by atoms with Crippen LogP contribution in [0.1, 0.15) is 11.1 Å². The first kappa shape index (κ1) is 17.4. The van der Waals surface area contributed by atoms with Crippen LogP contribution in [0.5, 0.6) is 5.75 Å². The van der Waals surface area contributed by atoms with Crippen molar-refractivity contribution in [1.82, 2.24) is 20.1 Å². The van der Waals surface area contributed by atoms with Gasteiger partial charge in [0.1, 0.15) is 12.4 Å². The lowest BCUT2D eigenvalue weighted by Gasteiger charge is -2.19. The zero-order valence-electron chi connectivity index (χ0n) is 14.7. The van der Waals surface area contributed by atoms with Crippen LogP contribution in [0.4, 0.5) is 10.7 Å². The molecule has 0 unspecified atom stereocenters. The molecule has 1 aliphatic rings. The van der Waals surface area contributed by atoms with Crippen LogP contribution in [0.3, 0.4) is 0 Å². The van der Waals surface area contributed by atoms with Crippen LogP contribution in [0, 0.1) is 6.92 Å². The molecule has 8 heteroatoms. The summed E-state index contributed by atoms with van der Waals surface area (Å²) in [6.07, 6.45) is 0. The van der Waals surface area contributed by atoms with E-state index in [1.165, 1.54) is 0 Å². The summed E-state index contributed by atoms with van der Waals surface area (Å²) < 4.78 is 5.69. The minimum absolute atomic E-state index is 0.230. The fourth-order valence-electron chi connectivity index (χ4n) is 2.95. The molecule has 138 valence electrons. The molecule has 2 N–H and O–H groups in total. The number of anilines is 1. The van der Waals surface area contributed by atoms with E-state index in [-0.39, 0.29) is 12.0 Å². The average molecular weight is 384 g/mol. The van der Waals surface area contributed by atoms with Gasteiger partial charge in [0.2, 0.25) is 5.95 Å². The molecule has 2 heterocycles. The number of hydrogen-bond acceptors (Lipinski definition) is 4. The molecule has 7 nitrogen and oxygen atoms in total. The first-order valence-electron chi connectivity index (χ1n) is 8.55. The van der Waals surface area contributed by atoms with E-state index < -0.39 is 0 Å². The minimum atomic E-state index is -0.291. The Morgan fingerprint density at radius 2 is 2.19 bits per heavy atom. The second-order valence-electron chi connectivity index (χ2n) is 6.33. The van der Waals surface area contributed by atoms with Crippen molar-refractivity contribution in [1.29, 1.82) is 0 Å². The fourth-order valence-corrected chi connectivity index (χ4v) is 3.14. The topological polar surface area (TPSA) is 83.1 Å². The number of nitrogens with one attached hydrogen (secondary N) is 2. The lowest BCUT2D eigenvalue weighted by molar-refractivity contribution is 0.200. The zero-order chi connectivity index (χ0) is 18.8. The van der Waals surface area contributed by atoms with Crippen molar-refractivity contribution in [2.24, 2.45) is 0 Å². The number of rotatable bonds is 2. The third-order valence-electron chi connectivity index (χ3n) is 4.29. The van der Waals surface area contributed by atoms with Crippen molar-refractivity contribution in [2.75, 3.05) is 18.5 Å². The van der Waals surface area contributed by atoms with E-state index in [4.69, 9.17) is 16.3 Å². The van der Waals surface area contributed by atoms with Gasteiger partial charge in [-0.15, -0.1) is 5.10 Å². The summed E-state index contributed by atoms with van der Waals surface area (Å²) in [7, 11) is 0. The van der Waals surface area contributed by atoms with Crippen LogP contribution >= 0.6 is 11.6 Å². The van der Waals surface area contributed by atoms with Crippen LogP contribution in [0.15, 0.2) is 42.5 Å². The number of carbonyl (C=O) groups excluding carboxylic acids is 1. The van der Waals surface area contributed by atoms with Gasteiger partial charge in [-0.2, -0.15) is 4.98 Å². The SMILES string of the molecule is Cc1cccc(-c2nc(NC(=O)N3CCOc4ccc(Cl)cc4C3)n[nH]2)c1. The van der Waals surface area contributed by atoms with Crippen LogP contribution < -0.4 is 10.1 Å². The van der Waals surface area contributed by atoms with E-state index in [1.54, 1.807) is 11.0 Å². The van der Waals surface area contributed by atoms with E-state index in [0.717, 1.165) is 22.4 Å². The lowest BCUT2D eigenvalue weighted by Crippen LogP contribution is -2.36. The van der Waals surface area contributed by atoms with Crippen LogP contribution in [-0.2, 0) is 6.54 Å². The second kappa shape index (κ2) is 7.28. The van der Waals surface area contributed by atoms with Crippen molar-refractivity contribution in [3.8, 4) is 17.1 Å². The monoisotopic (exact) mass is 383 g/mol. The highest BCUT2D eigenvalue weighted by Gasteiger charge is 2.21. The number of carbonyl (C=O) groups is 1. The number of hydrogen-bond donors (Lipinski definition) is 2. The smallest absolute Gasteiger partial charge is 0.324 e. The molecule has 4 rings (SSSR count). The van der Waals surface area contributed by atoms with Crippen LogP contribution in [-0.4, -0.2) is 39.3 Å². The molecular weight excluding hydrogens is 366 g/mol. The molecule has 0 saturated heterocycles. The molecule has 0 radical (unpaired) electrons. The van der Waals surface area contributed by atoms with E-state index in [2.05, 4.69) is 20.5 Å². The molecule has 1 aromatic heterocycles. The number of benzene rings is 2. The molecule has 0 saturated carbocycles. The molecule has 0 aliphatic carbocycles.